The molecule has 4 atom stereocenters. The molecular formula is C22H23ClO5. The molecule has 1 heterocycles. The number of ketones is 1. The third kappa shape index (κ3) is 5.10. The Morgan fingerprint density at radius 3 is 2.75 bits per heavy atom. The van der Waals surface area contributed by atoms with Gasteiger partial charge in [-0.15, -0.1) is 0 Å². The van der Waals surface area contributed by atoms with Gasteiger partial charge in [-0.05, 0) is 31.6 Å². The molecule has 1 saturated carbocycles. The molecular weight excluding hydrogens is 380 g/mol. The first-order chi connectivity index (χ1) is 13.4. The van der Waals surface area contributed by atoms with Crippen LogP contribution in [-0.4, -0.2) is 29.9 Å². The second-order valence-electron chi connectivity index (χ2n) is 7.17. The predicted molar refractivity (Wildman–Crippen MR) is 105 cm³/mol. The number of hydrogen-bond acceptors (Lipinski definition) is 5. The lowest BCUT2D eigenvalue weighted by Gasteiger charge is -2.20. The molecule has 0 bridgehead atoms. The summed E-state index contributed by atoms with van der Waals surface area (Å²) in [4.78, 5) is 36.2. The van der Waals surface area contributed by atoms with E-state index in [0.717, 1.165) is 0 Å². The minimum Gasteiger partial charge on any atom is -0.462 e. The van der Waals surface area contributed by atoms with Gasteiger partial charge in [0.2, 0.25) is 0 Å². The smallest absolute Gasteiger partial charge is 0.338 e. The standard InChI is InChI=1S/C22H23ClO5/c1-14(23)6-5-9-16(24)10-11-17-18-12-21(25)27-20(18)13-19(17)28-22(26)15-7-3-2-4-8-15/h2-4,6-8,10-11,17-20H,5,9,12-13H2,1H3/t17-,18-,19-,20+/m1/s1. The van der Waals surface area contributed by atoms with Crippen molar-refractivity contribution in [3.05, 3.63) is 59.2 Å². The van der Waals surface area contributed by atoms with Gasteiger partial charge in [0.15, 0.2) is 5.78 Å². The van der Waals surface area contributed by atoms with Crippen LogP contribution >= 0.6 is 11.6 Å². The molecule has 28 heavy (non-hydrogen) atoms. The highest BCUT2D eigenvalue weighted by Gasteiger charge is 2.50. The molecule has 1 aliphatic heterocycles. The molecule has 3 rings (SSSR count). The second-order valence-corrected chi connectivity index (χ2v) is 7.77. The summed E-state index contributed by atoms with van der Waals surface area (Å²) < 4.78 is 11.1. The van der Waals surface area contributed by atoms with Gasteiger partial charge in [-0.1, -0.05) is 42.0 Å². The number of ether oxygens (including phenoxy) is 2. The molecule has 0 unspecified atom stereocenters. The van der Waals surface area contributed by atoms with Crippen LogP contribution in [-0.2, 0) is 19.1 Å². The maximum absolute atomic E-state index is 12.4. The van der Waals surface area contributed by atoms with E-state index in [9.17, 15) is 14.4 Å². The molecule has 1 aliphatic carbocycles. The van der Waals surface area contributed by atoms with Crippen molar-refractivity contribution in [3.63, 3.8) is 0 Å². The number of allylic oxidation sites excluding steroid dienone is 3. The molecule has 148 valence electrons. The zero-order chi connectivity index (χ0) is 20.1. The van der Waals surface area contributed by atoms with E-state index in [1.54, 1.807) is 43.3 Å². The van der Waals surface area contributed by atoms with Gasteiger partial charge in [-0.3, -0.25) is 9.59 Å². The number of carbonyl (C=O) groups is 3. The first-order valence-corrected chi connectivity index (χ1v) is 9.80. The highest BCUT2D eigenvalue weighted by Crippen LogP contribution is 2.43. The molecule has 1 saturated heterocycles. The molecule has 2 fully saturated rings. The summed E-state index contributed by atoms with van der Waals surface area (Å²) in [5, 5.41) is 0.657. The zero-order valence-corrected chi connectivity index (χ0v) is 16.4. The highest BCUT2D eigenvalue weighted by atomic mass is 35.5. The van der Waals surface area contributed by atoms with E-state index in [0.29, 0.717) is 29.9 Å². The molecule has 5 nitrogen and oxygen atoms in total. The minimum atomic E-state index is -0.426. The first kappa shape index (κ1) is 20.3. The van der Waals surface area contributed by atoms with Crippen LogP contribution in [0.2, 0.25) is 0 Å². The summed E-state index contributed by atoms with van der Waals surface area (Å²) in [5.41, 5.74) is 0.471. The molecule has 0 N–H and O–H groups in total. The topological polar surface area (TPSA) is 69.7 Å². The van der Waals surface area contributed by atoms with E-state index in [-0.39, 0.29) is 36.1 Å². The maximum Gasteiger partial charge on any atom is 0.338 e. The lowest BCUT2D eigenvalue weighted by atomic mass is 9.91. The van der Waals surface area contributed by atoms with Crippen molar-refractivity contribution in [2.45, 2.75) is 44.8 Å². The van der Waals surface area contributed by atoms with Crippen molar-refractivity contribution in [1.82, 2.24) is 0 Å². The van der Waals surface area contributed by atoms with Crippen molar-refractivity contribution in [3.8, 4) is 0 Å². The monoisotopic (exact) mass is 402 g/mol. The van der Waals surface area contributed by atoms with Gasteiger partial charge < -0.3 is 9.47 Å². The van der Waals surface area contributed by atoms with Crippen molar-refractivity contribution in [1.29, 1.82) is 0 Å². The minimum absolute atomic E-state index is 0.0315. The van der Waals surface area contributed by atoms with Crippen molar-refractivity contribution >= 4 is 29.3 Å². The molecule has 0 radical (unpaired) electrons. The Morgan fingerprint density at radius 2 is 2.04 bits per heavy atom. The van der Waals surface area contributed by atoms with E-state index in [2.05, 4.69) is 0 Å². The van der Waals surface area contributed by atoms with Gasteiger partial charge in [0.1, 0.15) is 12.2 Å². The number of benzene rings is 1. The van der Waals surface area contributed by atoms with Gasteiger partial charge in [0, 0.05) is 29.7 Å². The van der Waals surface area contributed by atoms with Crippen molar-refractivity contribution in [2.75, 3.05) is 0 Å². The number of carbonyl (C=O) groups excluding carboxylic acids is 3. The van der Waals surface area contributed by atoms with Crippen LogP contribution in [0.15, 0.2) is 53.6 Å². The molecule has 2 aliphatic rings. The van der Waals surface area contributed by atoms with E-state index in [1.807, 2.05) is 6.07 Å². The molecule has 0 amide bonds. The fraction of sp³-hybridized carbons (Fsp3) is 0.409. The van der Waals surface area contributed by atoms with Gasteiger partial charge in [0.05, 0.1) is 12.0 Å². The van der Waals surface area contributed by atoms with E-state index < -0.39 is 12.1 Å². The van der Waals surface area contributed by atoms with Crippen LogP contribution in [0.1, 0.15) is 43.0 Å². The van der Waals surface area contributed by atoms with Crippen LogP contribution in [0.25, 0.3) is 0 Å². The third-order valence-corrected chi connectivity index (χ3v) is 5.29. The number of rotatable bonds is 7. The summed E-state index contributed by atoms with van der Waals surface area (Å²) in [6.45, 7) is 1.77. The third-order valence-electron chi connectivity index (χ3n) is 5.14. The Kier molecular flexibility index (Phi) is 6.68. The summed E-state index contributed by atoms with van der Waals surface area (Å²) >= 11 is 5.77. The number of esters is 2. The van der Waals surface area contributed by atoms with Gasteiger partial charge in [-0.2, -0.15) is 0 Å². The van der Waals surface area contributed by atoms with E-state index in [4.69, 9.17) is 21.1 Å². The Hall–Kier alpha value is -2.40. The second kappa shape index (κ2) is 9.20. The van der Waals surface area contributed by atoms with Crippen LogP contribution in [0.5, 0.6) is 0 Å². The number of halogens is 1. The largest absolute Gasteiger partial charge is 0.462 e. The first-order valence-electron chi connectivity index (χ1n) is 9.43. The molecule has 0 aromatic heterocycles. The summed E-state index contributed by atoms with van der Waals surface area (Å²) in [6.07, 6.45) is 6.05. The van der Waals surface area contributed by atoms with E-state index in [1.165, 1.54) is 6.08 Å². The Morgan fingerprint density at radius 1 is 1.29 bits per heavy atom. The average Bonchev–Trinajstić information content (AvgIpc) is 3.16. The summed E-state index contributed by atoms with van der Waals surface area (Å²) in [6, 6.07) is 8.76. The normalized spacial score (nSPS) is 26.9. The molecule has 1 aromatic rings. The lowest BCUT2D eigenvalue weighted by Crippen LogP contribution is -2.24. The van der Waals surface area contributed by atoms with Gasteiger partial charge in [0.25, 0.3) is 0 Å². The van der Waals surface area contributed by atoms with Crippen LogP contribution in [0.3, 0.4) is 0 Å². The lowest BCUT2D eigenvalue weighted by molar-refractivity contribution is -0.141. The SMILES string of the molecule is CC(Cl)=CCCC(=O)C=C[C@@H]1[C@H]2CC(=O)O[C@H]2C[C@H]1OC(=O)c1ccccc1. The fourth-order valence-electron chi connectivity index (χ4n) is 3.79. The Bertz CT molecular complexity index is 794. The molecule has 0 spiro atoms. The highest BCUT2D eigenvalue weighted by molar-refractivity contribution is 6.29. The zero-order valence-electron chi connectivity index (χ0n) is 15.7. The quantitative estimate of drug-likeness (QED) is 0.504. The van der Waals surface area contributed by atoms with Gasteiger partial charge >= 0.3 is 11.9 Å². The summed E-state index contributed by atoms with van der Waals surface area (Å²) in [7, 11) is 0. The fourth-order valence-corrected chi connectivity index (χ4v) is 3.89. The average molecular weight is 403 g/mol. The molecule has 1 aromatic carbocycles. The number of fused-ring (bicyclic) bond motifs is 1. The predicted octanol–water partition coefficient (Wildman–Crippen LogP) is 4.21. The van der Waals surface area contributed by atoms with Crippen LogP contribution in [0, 0.1) is 11.8 Å². The number of hydrogen-bond donors (Lipinski definition) is 0. The van der Waals surface area contributed by atoms with Crippen LogP contribution in [0.4, 0.5) is 0 Å². The summed E-state index contributed by atoms with van der Waals surface area (Å²) in [5.74, 6) is -0.982. The Labute approximate surface area is 169 Å². The molecule has 6 heteroatoms. The van der Waals surface area contributed by atoms with Gasteiger partial charge in [-0.25, -0.2) is 4.79 Å². The Balaban J connectivity index is 1.68. The van der Waals surface area contributed by atoms with Crippen LogP contribution < -0.4 is 0 Å². The maximum atomic E-state index is 12.4. The van der Waals surface area contributed by atoms with Crippen molar-refractivity contribution in [2.24, 2.45) is 11.8 Å². The van der Waals surface area contributed by atoms with E-state index >= 15 is 0 Å². The van der Waals surface area contributed by atoms with Crippen molar-refractivity contribution < 1.29 is 23.9 Å².